The normalized spacial score (nSPS) is 11.1. The second-order valence-electron chi connectivity index (χ2n) is 3.07. The second kappa shape index (κ2) is 2.36. The summed E-state index contributed by atoms with van der Waals surface area (Å²) in [4.78, 5) is 0. The summed E-state index contributed by atoms with van der Waals surface area (Å²) in [7, 11) is 0. The van der Waals surface area contributed by atoms with Crippen molar-refractivity contribution in [3.8, 4) is 0 Å². The summed E-state index contributed by atoms with van der Waals surface area (Å²) in [6.07, 6.45) is 2.75. The van der Waals surface area contributed by atoms with E-state index in [2.05, 4.69) is 30.5 Å². The summed E-state index contributed by atoms with van der Waals surface area (Å²) >= 11 is 0. The molecule has 0 saturated heterocycles. The number of rotatable bonds is 0. The third-order valence-corrected chi connectivity index (χ3v) is 2.29. The molecule has 3 rings (SSSR count). The quantitative estimate of drug-likeness (QED) is 0.500. The SMILES string of the molecule is [c]1cc2ccc3ccccc3c2o1. The van der Waals surface area contributed by atoms with Crippen molar-refractivity contribution in [3.05, 3.63) is 48.7 Å². The zero-order valence-corrected chi connectivity index (χ0v) is 6.95. The van der Waals surface area contributed by atoms with Crippen LogP contribution in [0.25, 0.3) is 21.7 Å². The maximum absolute atomic E-state index is 5.31. The molecule has 0 unspecified atom stereocenters. The van der Waals surface area contributed by atoms with E-state index in [-0.39, 0.29) is 0 Å². The van der Waals surface area contributed by atoms with Crippen LogP contribution in [-0.4, -0.2) is 0 Å². The molecule has 0 aliphatic carbocycles. The molecule has 1 heteroatoms. The van der Waals surface area contributed by atoms with Gasteiger partial charge in [0.15, 0.2) is 6.26 Å². The summed E-state index contributed by atoms with van der Waals surface area (Å²) in [5, 5.41) is 3.47. The third kappa shape index (κ3) is 0.872. The first-order valence-corrected chi connectivity index (χ1v) is 4.22. The van der Waals surface area contributed by atoms with Crippen LogP contribution in [0.2, 0.25) is 0 Å². The Hall–Kier alpha value is -1.76. The monoisotopic (exact) mass is 167 g/mol. The van der Waals surface area contributed by atoms with Crippen LogP contribution in [0, 0.1) is 6.26 Å². The third-order valence-electron chi connectivity index (χ3n) is 2.29. The molecule has 1 heterocycles. The van der Waals surface area contributed by atoms with Gasteiger partial charge < -0.3 is 4.42 Å². The molecule has 0 atom stereocenters. The largest absolute Gasteiger partial charge is 0.452 e. The van der Waals surface area contributed by atoms with Gasteiger partial charge in [0, 0.05) is 10.8 Å². The molecule has 0 N–H and O–H groups in total. The van der Waals surface area contributed by atoms with Crippen molar-refractivity contribution >= 4 is 21.7 Å². The van der Waals surface area contributed by atoms with E-state index in [1.165, 1.54) is 5.39 Å². The van der Waals surface area contributed by atoms with Gasteiger partial charge in [0.2, 0.25) is 0 Å². The fourth-order valence-electron chi connectivity index (χ4n) is 1.64. The van der Waals surface area contributed by atoms with Gasteiger partial charge in [0.05, 0.1) is 0 Å². The van der Waals surface area contributed by atoms with Crippen LogP contribution in [0.15, 0.2) is 46.9 Å². The fraction of sp³-hybridized carbons (Fsp3) is 0. The van der Waals surface area contributed by atoms with Gasteiger partial charge in [-0.25, -0.2) is 0 Å². The number of hydrogen-bond acceptors (Lipinski definition) is 1. The van der Waals surface area contributed by atoms with Crippen molar-refractivity contribution < 1.29 is 4.42 Å². The van der Waals surface area contributed by atoms with Gasteiger partial charge >= 0.3 is 0 Å². The molecule has 0 fully saturated rings. The molecule has 1 aromatic heterocycles. The molecule has 61 valence electrons. The van der Waals surface area contributed by atoms with E-state index in [1.807, 2.05) is 18.2 Å². The van der Waals surface area contributed by atoms with Gasteiger partial charge in [-0.1, -0.05) is 36.4 Å². The van der Waals surface area contributed by atoms with E-state index < -0.39 is 0 Å². The Morgan fingerprint density at radius 3 is 2.77 bits per heavy atom. The molecule has 13 heavy (non-hydrogen) atoms. The van der Waals surface area contributed by atoms with Crippen molar-refractivity contribution in [2.75, 3.05) is 0 Å². The number of furan rings is 1. The Kier molecular flexibility index (Phi) is 1.22. The summed E-state index contributed by atoms with van der Waals surface area (Å²) in [5.74, 6) is 0. The highest BCUT2D eigenvalue weighted by Gasteiger charge is 2.01. The summed E-state index contributed by atoms with van der Waals surface area (Å²) in [6, 6.07) is 14.2. The van der Waals surface area contributed by atoms with Crippen molar-refractivity contribution in [2.24, 2.45) is 0 Å². The molecule has 0 aliphatic rings. The summed E-state index contributed by atoms with van der Waals surface area (Å²) in [5.41, 5.74) is 0.929. The standard InChI is InChI=1S/C12H7O/c1-2-4-11-9(3-1)5-6-10-7-8-13-12(10)11/h1-7H. The summed E-state index contributed by atoms with van der Waals surface area (Å²) in [6.45, 7) is 0. The van der Waals surface area contributed by atoms with Crippen LogP contribution in [0.4, 0.5) is 0 Å². The highest BCUT2D eigenvalue weighted by molar-refractivity contribution is 6.03. The molecular formula is C12H7O. The van der Waals surface area contributed by atoms with E-state index in [1.54, 1.807) is 0 Å². The Morgan fingerprint density at radius 2 is 1.77 bits per heavy atom. The molecule has 0 saturated carbocycles. The topological polar surface area (TPSA) is 13.1 Å². The van der Waals surface area contributed by atoms with Gasteiger partial charge in [-0.2, -0.15) is 0 Å². The van der Waals surface area contributed by atoms with Gasteiger partial charge in [0.1, 0.15) is 5.58 Å². The maximum atomic E-state index is 5.31. The first kappa shape index (κ1) is 6.72. The van der Waals surface area contributed by atoms with Crippen LogP contribution < -0.4 is 0 Å². The van der Waals surface area contributed by atoms with E-state index in [0.29, 0.717) is 0 Å². The summed E-state index contributed by atoms with van der Waals surface area (Å²) < 4.78 is 5.31. The lowest BCUT2D eigenvalue weighted by Crippen LogP contribution is -1.71. The average molecular weight is 167 g/mol. The molecular weight excluding hydrogens is 160 g/mol. The van der Waals surface area contributed by atoms with Crippen LogP contribution >= 0.6 is 0 Å². The number of hydrogen-bond donors (Lipinski definition) is 0. The van der Waals surface area contributed by atoms with Crippen molar-refractivity contribution in [3.63, 3.8) is 0 Å². The lowest BCUT2D eigenvalue weighted by Gasteiger charge is -1.96. The maximum Gasteiger partial charge on any atom is 0.170 e. The zero-order chi connectivity index (χ0) is 8.67. The van der Waals surface area contributed by atoms with Crippen molar-refractivity contribution in [1.29, 1.82) is 0 Å². The smallest absolute Gasteiger partial charge is 0.170 e. The van der Waals surface area contributed by atoms with E-state index in [4.69, 9.17) is 4.42 Å². The molecule has 2 aromatic carbocycles. The van der Waals surface area contributed by atoms with Gasteiger partial charge in [-0.05, 0) is 11.5 Å². The van der Waals surface area contributed by atoms with E-state index in [0.717, 1.165) is 16.4 Å². The van der Waals surface area contributed by atoms with Gasteiger partial charge in [-0.15, -0.1) is 0 Å². The predicted octanol–water partition coefficient (Wildman–Crippen LogP) is 3.39. The minimum atomic E-state index is 0.929. The minimum absolute atomic E-state index is 0.929. The lowest BCUT2D eigenvalue weighted by atomic mass is 10.1. The van der Waals surface area contributed by atoms with Crippen LogP contribution in [0.3, 0.4) is 0 Å². The molecule has 0 amide bonds. The Morgan fingerprint density at radius 1 is 0.923 bits per heavy atom. The molecule has 0 spiro atoms. The molecule has 1 nitrogen and oxygen atoms in total. The fourth-order valence-corrected chi connectivity index (χ4v) is 1.64. The molecule has 0 aliphatic heterocycles. The Labute approximate surface area is 75.6 Å². The van der Waals surface area contributed by atoms with Gasteiger partial charge in [0.25, 0.3) is 0 Å². The average Bonchev–Trinajstić information content (AvgIpc) is 2.65. The lowest BCUT2D eigenvalue weighted by molar-refractivity contribution is 0.609. The van der Waals surface area contributed by atoms with E-state index in [9.17, 15) is 0 Å². The second-order valence-corrected chi connectivity index (χ2v) is 3.07. The zero-order valence-electron chi connectivity index (χ0n) is 6.95. The highest BCUT2D eigenvalue weighted by Crippen LogP contribution is 2.25. The number of benzene rings is 2. The van der Waals surface area contributed by atoms with Crippen LogP contribution in [-0.2, 0) is 0 Å². The van der Waals surface area contributed by atoms with Gasteiger partial charge in [-0.3, -0.25) is 0 Å². The first-order valence-electron chi connectivity index (χ1n) is 4.22. The minimum Gasteiger partial charge on any atom is -0.452 e. The molecule has 3 aromatic rings. The predicted molar refractivity (Wildman–Crippen MR) is 52.6 cm³/mol. The van der Waals surface area contributed by atoms with Crippen LogP contribution in [0.1, 0.15) is 0 Å². The Bertz CT molecular complexity index is 563. The molecule has 1 radical (unpaired) electrons. The van der Waals surface area contributed by atoms with Crippen molar-refractivity contribution in [2.45, 2.75) is 0 Å². The van der Waals surface area contributed by atoms with Crippen molar-refractivity contribution in [1.82, 2.24) is 0 Å². The Balaban J connectivity index is 2.65. The first-order chi connectivity index (χ1) is 6.45. The number of fused-ring (bicyclic) bond motifs is 3. The van der Waals surface area contributed by atoms with E-state index >= 15 is 0 Å². The highest BCUT2D eigenvalue weighted by atomic mass is 16.3. The molecule has 0 bridgehead atoms. The van der Waals surface area contributed by atoms with Crippen LogP contribution in [0.5, 0.6) is 0 Å².